The van der Waals surface area contributed by atoms with Crippen LogP contribution in [-0.2, 0) is 0 Å². The fraction of sp³-hybridized carbons (Fsp3) is 0.462. The van der Waals surface area contributed by atoms with Crippen LogP contribution >= 0.6 is 27.5 Å². The lowest BCUT2D eigenvalue weighted by molar-refractivity contribution is 0.0953. The Bertz CT molecular complexity index is 382. The molecule has 1 aromatic carbocycles. The third kappa shape index (κ3) is 5.09. The molecule has 1 rings (SSSR count). The fourth-order valence-corrected chi connectivity index (χ4v) is 1.92. The Kier molecular flexibility index (Phi) is 6.60. The SMILES string of the molecule is Cc1cc(C(=O)NCCCCCCl)ccc1Br. The maximum absolute atomic E-state index is 11.8. The number of unbranched alkanes of at least 4 members (excludes halogenated alkanes) is 2. The molecule has 0 aliphatic rings. The van der Waals surface area contributed by atoms with Crippen LogP contribution in [-0.4, -0.2) is 18.3 Å². The molecular weight excluding hydrogens is 302 g/mol. The molecule has 0 saturated carbocycles. The summed E-state index contributed by atoms with van der Waals surface area (Å²) in [6.07, 6.45) is 3.05. The molecule has 0 saturated heterocycles. The molecule has 17 heavy (non-hydrogen) atoms. The normalized spacial score (nSPS) is 10.3. The van der Waals surface area contributed by atoms with E-state index in [1.54, 1.807) is 0 Å². The van der Waals surface area contributed by atoms with Gasteiger partial charge in [-0.3, -0.25) is 4.79 Å². The first-order valence-corrected chi connectivity index (χ1v) is 7.08. The van der Waals surface area contributed by atoms with Gasteiger partial charge in [-0.15, -0.1) is 11.6 Å². The summed E-state index contributed by atoms with van der Waals surface area (Å²) in [7, 11) is 0. The van der Waals surface area contributed by atoms with Gasteiger partial charge < -0.3 is 5.32 Å². The largest absolute Gasteiger partial charge is 0.352 e. The molecule has 0 aliphatic carbocycles. The molecule has 0 aromatic heterocycles. The number of rotatable bonds is 6. The summed E-state index contributed by atoms with van der Waals surface area (Å²) in [6, 6.07) is 5.61. The average Bonchev–Trinajstić information content (AvgIpc) is 2.32. The highest BCUT2D eigenvalue weighted by atomic mass is 79.9. The van der Waals surface area contributed by atoms with Gasteiger partial charge in [0.25, 0.3) is 5.91 Å². The van der Waals surface area contributed by atoms with E-state index in [0.717, 1.165) is 29.3 Å². The number of hydrogen-bond donors (Lipinski definition) is 1. The van der Waals surface area contributed by atoms with E-state index in [1.165, 1.54) is 0 Å². The molecule has 0 radical (unpaired) electrons. The number of carbonyl (C=O) groups is 1. The Labute approximate surface area is 116 Å². The monoisotopic (exact) mass is 317 g/mol. The van der Waals surface area contributed by atoms with Crippen LogP contribution in [0.25, 0.3) is 0 Å². The van der Waals surface area contributed by atoms with Crippen molar-refractivity contribution >= 4 is 33.4 Å². The van der Waals surface area contributed by atoms with Crippen LogP contribution < -0.4 is 5.32 Å². The summed E-state index contributed by atoms with van der Waals surface area (Å²) < 4.78 is 1.02. The maximum atomic E-state index is 11.8. The number of halogens is 2. The second-order valence-electron chi connectivity index (χ2n) is 3.97. The zero-order valence-electron chi connectivity index (χ0n) is 9.93. The van der Waals surface area contributed by atoms with Crippen molar-refractivity contribution in [1.29, 1.82) is 0 Å². The standard InChI is InChI=1S/C13H17BrClNO/c1-10-9-11(5-6-12(10)14)13(17)16-8-4-2-3-7-15/h5-6,9H,2-4,7-8H2,1H3,(H,16,17). The number of hydrogen-bond acceptors (Lipinski definition) is 1. The van der Waals surface area contributed by atoms with Crippen LogP contribution in [0.1, 0.15) is 35.2 Å². The summed E-state index contributed by atoms with van der Waals surface area (Å²) in [5.41, 5.74) is 1.78. The highest BCUT2D eigenvalue weighted by Gasteiger charge is 2.05. The molecule has 1 aromatic rings. The van der Waals surface area contributed by atoms with Crippen molar-refractivity contribution in [2.24, 2.45) is 0 Å². The van der Waals surface area contributed by atoms with Crippen molar-refractivity contribution in [3.63, 3.8) is 0 Å². The molecule has 2 nitrogen and oxygen atoms in total. The van der Waals surface area contributed by atoms with Crippen LogP contribution in [0.2, 0.25) is 0 Å². The van der Waals surface area contributed by atoms with Crippen molar-refractivity contribution in [2.75, 3.05) is 12.4 Å². The molecule has 1 N–H and O–H groups in total. The van der Waals surface area contributed by atoms with E-state index >= 15 is 0 Å². The van der Waals surface area contributed by atoms with Crippen LogP contribution in [0.4, 0.5) is 0 Å². The second kappa shape index (κ2) is 7.72. The predicted octanol–water partition coefficient (Wildman–Crippen LogP) is 3.90. The third-order valence-corrected chi connectivity index (χ3v) is 3.67. The minimum absolute atomic E-state index is 0.00789. The smallest absolute Gasteiger partial charge is 0.251 e. The molecule has 0 unspecified atom stereocenters. The number of amides is 1. The van der Waals surface area contributed by atoms with Gasteiger partial charge in [-0.2, -0.15) is 0 Å². The Morgan fingerprint density at radius 2 is 2.12 bits per heavy atom. The molecule has 0 atom stereocenters. The minimum atomic E-state index is -0.00789. The van der Waals surface area contributed by atoms with Gasteiger partial charge in [0.15, 0.2) is 0 Å². The molecule has 0 fully saturated rings. The summed E-state index contributed by atoms with van der Waals surface area (Å²) in [6.45, 7) is 2.69. The lowest BCUT2D eigenvalue weighted by Crippen LogP contribution is -2.24. The molecule has 0 heterocycles. The first-order valence-electron chi connectivity index (χ1n) is 5.75. The Morgan fingerprint density at radius 3 is 2.76 bits per heavy atom. The third-order valence-electron chi connectivity index (χ3n) is 2.52. The van der Waals surface area contributed by atoms with Gasteiger partial charge in [0.1, 0.15) is 0 Å². The summed E-state index contributed by atoms with van der Waals surface area (Å²) in [4.78, 5) is 11.8. The zero-order chi connectivity index (χ0) is 12.7. The van der Waals surface area contributed by atoms with Crippen molar-refractivity contribution in [3.8, 4) is 0 Å². The lowest BCUT2D eigenvalue weighted by Gasteiger charge is -2.06. The van der Waals surface area contributed by atoms with E-state index in [9.17, 15) is 4.79 Å². The zero-order valence-corrected chi connectivity index (χ0v) is 12.3. The van der Waals surface area contributed by atoms with Gasteiger partial charge in [0.05, 0.1) is 0 Å². The van der Waals surface area contributed by atoms with E-state index in [0.29, 0.717) is 18.0 Å². The maximum Gasteiger partial charge on any atom is 0.251 e. The highest BCUT2D eigenvalue weighted by Crippen LogP contribution is 2.16. The van der Waals surface area contributed by atoms with E-state index in [-0.39, 0.29) is 5.91 Å². The fourth-order valence-electron chi connectivity index (χ4n) is 1.49. The second-order valence-corrected chi connectivity index (χ2v) is 5.20. The first-order chi connectivity index (χ1) is 8.15. The Morgan fingerprint density at radius 1 is 1.35 bits per heavy atom. The molecule has 0 aliphatic heterocycles. The van der Waals surface area contributed by atoms with E-state index < -0.39 is 0 Å². The van der Waals surface area contributed by atoms with Crippen molar-refractivity contribution in [2.45, 2.75) is 26.2 Å². The van der Waals surface area contributed by atoms with Crippen LogP contribution in [0, 0.1) is 6.92 Å². The van der Waals surface area contributed by atoms with Gasteiger partial charge in [-0.25, -0.2) is 0 Å². The van der Waals surface area contributed by atoms with E-state index in [2.05, 4.69) is 21.2 Å². The molecule has 4 heteroatoms. The lowest BCUT2D eigenvalue weighted by atomic mass is 10.1. The van der Waals surface area contributed by atoms with E-state index in [1.807, 2.05) is 25.1 Å². The molecular formula is C13H17BrClNO. The van der Waals surface area contributed by atoms with Crippen molar-refractivity contribution in [1.82, 2.24) is 5.32 Å². The molecule has 0 bridgehead atoms. The molecule has 0 spiro atoms. The molecule has 1 amide bonds. The van der Waals surface area contributed by atoms with Crippen molar-refractivity contribution in [3.05, 3.63) is 33.8 Å². The number of aryl methyl sites for hydroxylation is 1. The van der Waals surface area contributed by atoms with Gasteiger partial charge in [0, 0.05) is 22.5 Å². The van der Waals surface area contributed by atoms with Crippen LogP contribution in [0.15, 0.2) is 22.7 Å². The van der Waals surface area contributed by atoms with Crippen molar-refractivity contribution < 1.29 is 4.79 Å². The number of carbonyl (C=O) groups excluding carboxylic acids is 1. The summed E-state index contributed by atoms with van der Waals surface area (Å²) in [5, 5.41) is 2.91. The summed E-state index contributed by atoms with van der Waals surface area (Å²) >= 11 is 8.99. The van der Waals surface area contributed by atoms with Crippen LogP contribution in [0.3, 0.4) is 0 Å². The number of nitrogens with one attached hydrogen (secondary N) is 1. The summed E-state index contributed by atoms with van der Waals surface area (Å²) in [5.74, 6) is 0.686. The first kappa shape index (κ1) is 14.5. The van der Waals surface area contributed by atoms with Crippen LogP contribution in [0.5, 0.6) is 0 Å². The predicted molar refractivity (Wildman–Crippen MR) is 75.8 cm³/mol. The van der Waals surface area contributed by atoms with Gasteiger partial charge in [-0.05, 0) is 43.5 Å². The molecule has 94 valence electrons. The Balaban J connectivity index is 2.39. The van der Waals surface area contributed by atoms with Gasteiger partial charge >= 0.3 is 0 Å². The topological polar surface area (TPSA) is 29.1 Å². The van der Waals surface area contributed by atoms with Gasteiger partial charge in [-0.1, -0.05) is 22.4 Å². The quantitative estimate of drug-likeness (QED) is 0.625. The Hall–Kier alpha value is -0.540. The average molecular weight is 319 g/mol. The number of alkyl halides is 1. The van der Waals surface area contributed by atoms with Gasteiger partial charge in [0.2, 0.25) is 0 Å². The van der Waals surface area contributed by atoms with E-state index in [4.69, 9.17) is 11.6 Å². The highest BCUT2D eigenvalue weighted by molar-refractivity contribution is 9.10. The number of benzene rings is 1. The minimum Gasteiger partial charge on any atom is -0.352 e.